The molecule has 8 aliphatic carbocycles. The van der Waals surface area contributed by atoms with E-state index in [1.807, 2.05) is 47.3 Å². The van der Waals surface area contributed by atoms with Crippen molar-refractivity contribution < 1.29 is 154 Å². The molecule has 13 nitrogen and oxygen atoms in total. The van der Waals surface area contributed by atoms with Crippen molar-refractivity contribution in [2.45, 2.75) is 168 Å². The van der Waals surface area contributed by atoms with Gasteiger partial charge in [0.25, 0.3) is 6.47 Å². The van der Waals surface area contributed by atoms with Gasteiger partial charge < -0.3 is 31.3 Å². The molecule has 12 rings (SSSR count). The first-order valence-electron chi connectivity index (χ1n) is 29.7. The molecule has 8 aliphatic rings. The molecule has 0 aliphatic heterocycles. The van der Waals surface area contributed by atoms with Crippen LogP contribution in [0.3, 0.4) is 0 Å². The maximum absolute atomic E-state index is 13.8. The Bertz CT molecular complexity index is 2780. The fraction of sp³-hybridized carbons (Fsp3) is 0.730. The molecule has 4 aromatic rings. The first-order chi connectivity index (χ1) is 38.1. The fourth-order valence-electron chi connectivity index (χ4n) is 18.9. The standard InChI is InChI=1S/C30H41ClN2O3.C23H37BrO3.C7H5ClN2.CH3F.CH2O3.CH4.2K.H/c1-28-12-13-30(35,18-36-3)15-20(28)5-7-22-23-8-9-25(29(23,2)11-10-24(22)28)27(34)17-33-26-14-21(31)6-4-19(26)16-32-33;1-21-10-11-23(26,14-27-3)12-15(21)4-5-16-17-6-7-19(20(25)13-24)22(17,2)9-8-18(16)21;8-6-2-1-5-4-9-10-7(5)3-6;1-2;2-1-4-3;;;;/h4,6,14,16,20,22-25,35H,5,7-13,15,17-18H2,1-3H3;15-19,26H,4-14H2,1-3H3;1-4H,(H,9,10);1H3;1,3H;1H4;;;/q;;;;;;2*+1;-1/p-1/t20-,22-,23-,24-,25+,28-,29-,30+;15-,16-,17-,18-,19+,21-,22-,23+;;;;;;;/m00......./s1/i;;;1D;;;;;. The molecule has 0 amide bonds. The molecule has 8 saturated carbocycles. The number of methoxy groups -OCH3 is 2. The molecule has 8 fully saturated rings. The van der Waals surface area contributed by atoms with Gasteiger partial charge in [-0.2, -0.15) is 10.2 Å². The quantitative estimate of drug-likeness (QED) is 0.0476. The first-order valence-corrected chi connectivity index (χ1v) is 30.8. The second kappa shape index (κ2) is 30.8. The zero-order valence-corrected chi connectivity index (χ0v) is 58.7. The van der Waals surface area contributed by atoms with Crippen molar-refractivity contribution in [3.8, 4) is 0 Å². The monoisotopic (exact) mass is 1300 g/mol. The van der Waals surface area contributed by atoms with Crippen LogP contribution in [0.1, 0.15) is 153 Å². The van der Waals surface area contributed by atoms with Crippen LogP contribution in [0.15, 0.2) is 48.8 Å². The van der Waals surface area contributed by atoms with E-state index in [0.29, 0.717) is 82.1 Å². The summed E-state index contributed by atoms with van der Waals surface area (Å²) < 4.78 is 28.1. The fourth-order valence-corrected chi connectivity index (χ4v) is 19.7. The zero-order chi connectivity index (χ0) is 57.8. The summed E-state index contributed by atoms with van der Waals surface area (Å²) in [6.07, 6.45) is 23.7. The minimum Gasteiger partial charge on any atom is -1.00 e. The number of carbonyl (C=O) groups is 3. The number of aromatic nitrogens is 4. The molecule has 2 aromatic heterocycles. The Morgan fingerprint density at radius 1 is 0.744 bits per heavy atom. The normalized spacial score (nSPS) is 37.4. The first kappa shape index (κ1) is 71.3. The number of aliphatic hydroxyl groups is 2. The average Bonchev–Trinajstić information content (AvgIpc) is 1.77. The van der Waals surface area contributed by atoms with Crippen molar-refractivity contribution in [3.63, 3.8) is 0 Å². The summed E-state index contributed by atoms with van der Waals surface area (Å²) in [6.45, 7) is 11.0. The summed E-state index contributed by atoms with van der Waals surface area (Å²) in [5.41, 5.74) is 1.63. The Balaban J connectivity index is 0.000000277. The minimum atomic E-state index is -1.00. The van der Waals surface area contributed by atoms with E-state index in [4.69, 9.17) is 44.1 Å². The van der Waals surface area contributed by atoms with Gasteiger partial charge >= 0.3 is 103 Å². The van der Waals surface area contributed by atoms with Crippen molar-refractivity contribution in [2.24, 2.45) is 80.8 Å². The maximum atomic E-state index is 13.8. The van der Waals surface area contributed by atoms with E-state index >= 15 is 0 Å². The molecule has 2 aromatic carbocycles. The molecule has 19 heteroatoms. The number of ketones is 2. The topological polar surface area (TPSA) is 189 Å². The largest absolute Gasteiger partial charge is 1.00 e. The van der Waals surface area contributed by atoms with Gasteiger partial charge in [-0.05, 0) is 221 Å². The zero-order valence-electron chi connectivity index (χ0n) is 51.3. The summed E-state index contributed by atoms with van der Waals surface area (Å²) in [5, 5.41) is 45.8. The number of aromatic amines is 1. The van der Waals surface area contributed by atoms with Crippen LogP contribution in [0.4, 0.5) is 4.39 Å². The van der Waals surface area contributed by atoms with Gasteiger partial charge in [-0.15, -0.1) is 0 Å². The molecule has 82 heavy (non-hydrogen) atoms. The number of hydrogen-bond acceptors (Lipinski definition) is 11. The Kier molecular flexibility index (Phi) is 26.8. The Hall–Kier alpha value is 0.253. The number of Topliss-reactive ketones (excluding diaryl/α,β-unsaturated/α-hetero) is 2. The molecule has 448 valence electrons. The van der Waals surface area contributed by atoms with E-state index in [2.05, 4.69) is 63.8 Å². The van der Waals surface area contributed by atoms with Crippen LogP contribution in [-0.2, 0) is 35.3 Å². The number of benzene rings is 2. The molecule has 0 saturated heterocycles. The van der Waals surface area contributed by atoms with Crippen molar-refractivity contribution in [2.75, 3.05) is 39.9 Å². The smallest absolute Gasteiger partial charge is 1.00 e. The number of H-pyrrole nitrogens is 1. The second-order valence-corrected chi connectivity index (χ2v) is 27.7. The van der Waals surface area contributed by atoms with Gasteiger partial charge in [-0.3, -0.25) is 28.6 Å². The van der Waals surface area contributed by atoms with Crippen molar-refractivity contribution in [3.05, 3.63) is 58.8 Å². The van der Waals surface area contributed by atoms with Crippen LogP contribution < -0.4 is 108 Å². The minimum absolute atomic E-state index is 0. The van der Waals surface area contributed by atoms with Gasteiger partial charge in [0, 0.05) is 46.9 Å². The van der Waals surface area contributed by atoms with Crippen LogP contribution in [0.5, 0.6) is 0 Å². The molecule has 0 radical (unpaired) electrons. The van der Waals surface area contributed by atoms with E-state index < -0.39 is 18.4 Å². The number of alkyl halides is 2. The molecular formula is C63H92BrCl2FK2N4O9. The van der Waals surface area contributed by atoms with Gasteiger partial charge in [-0.1, -0.05) is 74.3 Å². The summed E-state index contributed by atoms with van der Waals surface area (Å²) in [4.78, 5) is 37.6. The van der Waals surface area contributed by atoms with Crippen molar-refractivity contribution in [1.29, 1.82) is 0 Å². The van der Waals surface area contributed by atoms with Gasteiger partial charge in [0.05, 0.1) is 61.7 Å². The molecule has 2 heterocycles. The molecule has 0 spiro atoms. The third kappa shape index (κ3) is 14.8. The molecule has 3 N–H and O–H groups in total. The SMILES string of the molecule is C.COC[C@@]1(O)CC[C@@]2(C)[C@@H](CC[C@@H]3[C@@H]2CC[C@]2(C)[C@@H](C(=O)CBr)CC[C@@H]32)C1.COC[C@@]1(O)CC[C@@]2(C)[C@@H](CC[C@@H]3[C@@H]2CC[C@]2(C)[C@@H](C(=O)Cn4ncc5ccc(Cl)cc54)CC[C@@H]32)C1.Clc1ccc2cn[nH]c2c1.O=CO[O-].[2H]CF.[H-].[K+].[K+]. The van der Waals surface area contributed by atoms with Crippen LogP contribution >= 0.6 is 39.1 Å². The van der Waals surface area contributed by atoms with Gasteiger partial charge in [0.2, 0.25) is 0 Å². The van der Waals surface area contributed by atoms with Crippen molar-refractivity contribution >= 4 is 79.0 Å². The Morgan fingerprint density at radius 2 is 1.21 bits per heavy atom. The molecule has 0 unspecified atom stereocenters. The number of fused-ring (bicyclic) bond motifs is 12. The summed E-state index contributed by atoms with van der Waals surface area (Å²) in [6, 6.07) is 11.4. The number of rotatable bonds is 10. The van der Waals surface area contributed by atoms with Crippen molar-refractivity contribution in [1.82, 2.24) is 20.0 Å². The number of hydrogen-bond donors (Lipinski definition) is 3. The van der Waals surface area contributed by atoms with E-state index in [9.17, 15) is 24.2 Å². The number of nitrogens with zero attached hydrogens (tertiary/aromatic N) is 3. The van der Waals surface area contributed by atoms with Gasteiger partial charge in [0.1, 0.15) is 12.3 Å². The van der Waals surface area contributed by atoms with E-state index in [1.165, 1.54) is 57.8 Å². The predicted molar refractivity (Wildman–Crippen MR) is 316 cm³/mol. The average molecular weight is 1300 g/mol. The van der Waals surface area contributed by atoms with Crippen LogP contribution in [0.25, 0.3) is 21.8 Å². The number of nitrogens with one attached hydrogen (secondary N) is 1. The summed E-state index contributed by atoms with van der Waals surface area (Å²) in [7, 11) is 2.40. The van der Waals surface area contributed by atoms with Gasteiger partial charge in [-0.25, -0.2) is 0 Å². The van der Waals surface area contributed by atoms with E-state index in [0.717, 1.165) is 102 Å². The third-order valence-electron chi connectivity index (χ3n) is 22.7. The molecule has 16 atom stereocenters. The summed E-state index contributed by atoms with van der Waals surface area (Å²) >= 11 is 15.4. The third-order valence-corrected chi connectivity index (χ3v) is 23.8. The van der Waals surface area contributed by atoms with E-state index in [-0.39, 0.29) is 141 Å². The molecule has 0 bridgehead atoms. The van der Waals surface area contributed by atoms with Crippen LogP contribution in [-0.4, -0.2) is 99.3 Å². The summed E-state index contributed by atoms with van der Waals surface area (Å²) in [5.74, 6) is 6.70. The second-order valence-electron chi connectivity index (χ2n) is 26.3. The van der Waals surface area contributed by atoms with Gasteiger partial charge in [0.15, 0.2) is 5.78 Å². The number of carbonyl (C=O) groups excluding carboxylic acids is 3. The molecular weight excluding hydrogens is 1200 g/mol. The predicted octanol–water partition coefficient (Wildman–Crippen LogP) is 7.28. The van der Waals surface area contributed by atoms with E-state index in [1.54, 1.807) is 20.4 Å². The van der Waals surface area contributed by atoms with Crippen LogP contribution in [0, 0.1) is 80.8 Å². The number of ether oxygens (including phenoxy) is 2. The number of halogens is 4. The van der Waals surface area contributed by atoms with Crippen LogP contribution in [0.2, 0.25) is 10.0 Å². The Labute approximate surface area is 593 Å². The Morgan fingerprint density at radius 3 is 1.68 bits per heavy atom. The maximum Gasteiger partial charge on any atom is 1.00 e.